The lowest BCUT2D eigenvalue weighted by molar-refractivity contribution is 0.180. The maximum absolute atomic E-state index is 13.9. The van der Waals surface area contributed by atoms with Crippen molar-refractivity contribution in [1.29, 1.82) is 0 Å². The molecule has 0 aromatic heterocycles. The van der Waals surface area contributed by atoms with Gasteiger partial charge in [0.1, 0.15) is 0 Å². The van der Waals surface area contributed by atoms with Crippen molar-refractivity contribution in [2.24, 2.45) is 5.92 Å². The lowest BCUT2D eigenvalue weighted by Gasteiger charge is -2.28. The average Bonchev–Trinajstić information content (AvgIpc) is 2.82. The van der Waals surface area contributed by atoms with Crippen molar-refractivity contribution in [3.8, 4) is 11.8 Å². The summed E-state index contributed by atoms with van der Waals surface area (Å²) in [7, 11) is 1.76. The van der Waals surface area contributed by atoms with E-state index in [1.807, 2.05) is 12.1 Å². The quantitative estimate of drug-likeness (QED) is 0.231. The molecule has 32 heavy (non-hydrogen) atoms. The minimum absolute atomic E-state index is 0.0484. The van der Waals surface area contributed by atoms with E-state index in [0.29, 0.717) is 16.9 Å². The lowest BCUT2D eigenvalue weighted by Crippen LogP contribution is -2.13. The SMILES string of the molecule is COCCCC1CCC(c2ccc(C#Cc3ccc4c(F)c(F)c(F)cc4c3)cc2)CC1. The van der Waals surface area contributed by atoms with Crippen molar-refractivity contribution in [1.82, 2.24) is 0 Å². The molecule has 1 fully saturated rings. The molecule has 0 N–H and O–H groups in total. The Morgan fingerprint density at radius 1 is 0.844 bits per heavy atom. The molecular weight excluding hydrogens is 409 g/mol. The van der Waals surface area contributed by atoms with Crippen LogP contribution in [-0.2, 0) is 4.74 Å². The molecule has 0 radical (unpaired) electrons. The van der Waals surface area contributed by atoms with Gasteiger partial charge in [-0.2, -0.15) is 0 Å². The zero-order valence-corrected chi connectivity index (χ0v) is 18.3. The second-order valence-electron chi connectivity index (χ2n) is 8.65. The Morgan fingerprint density at radius 2 is 1.53 bits per heavy atom. The summed E-state index contributed by atoms with van der Waals surface area (Å²) in [6.07, 6.45) is 7.43. The number of rotatable bonds is 5. The standard InChI is InChI=1S/C28H27F3O/c1-32-16-2-3-19-6-11-22(12-7-19)23-13-8-20(9-14-23)4-5-21-10-15-25-24(17-21)18-26(29)28(31)27(25)30/h8-10,13-15,17-19,22H,2-3,6-7,11-12,16H2,1H3. The van der Waals surface area contributed by atoms with Crippen LogP contribution in [0.4, 0.5) is 13.2 Å². The fourth-order valence-corrected chi connectivity index (χ4v) is 4.67. The third kappa shape index (κ3) is 5.16. The van der Waals surface area contributed by atoms with E-state index in [0.717, 1.165) is 30.6 Å². The molecule has 1 aliphatic rings. The summed E-state index contributed by atoms with van der Waals surface area (Å²) in [6.45, 7) is 0.855. The highest BCUT2D eigenvalue weighted by Crippen LogP contribution is 2.37. The van der Waals surface area contributed by atoms with Crippen LogP contribution in [0.25, 0.3) is 10.8 Å². The first-order valence-electron chi connectivity index (χ1n) is 11.2. The van der Waals surface area contributed by atoms with Gasteiger partial charge in [0.25, 0.3) is 0 Å². The lowest BCUT2D eigenvalue weighted by atomic mass is 9.77. The zero-order valence-electron chi connectivity index (χ0n) is 18.3. The molecule has 1 aliphatic carbocycles. The van der Waals surface area contributed by atoms with Gasteiger partial charge in [0.2, 0.25) is 0 Å². The summed E-state index contributed by atoms with van der Waals surface area (Å²) < 4.78 is 45.9. The molecule has 0 aliphatic heterocycles. The van der Waals surface area contributed by atoms with Crippen LogP contribution in [0.3, 0.4) is 0 Å². The van der Waals surface area contributed by atoms with Gasteiger partial charge in [-0.15, -0.1) is 0 Å². The van der Waals surface area contributed by atoms with Gasteiger partial charge >= 0.3 is 0 Å². The molecule has 0 unspecified atom stereocenters. The molecule has 0 atom stereocenters. The van der Waals surface area contributed by atoms with Gasteiger partial charge in [0, 0.05) is 30.2 Å². The third-order valence-electron chi connectivity index (χ3n) is 6.51. The minimum atomic E-state index is -1.45. The van der Waals surface area contributed by atoms with E-state index in [1.54, 1.807) is 19.2 Å². The molecule has 0 amide bonds. The first-order chi connectivity index (χ1) is 15.5. The van der Waals surface area contributed by atoms with Crippen molar-refractivity contribution in [2.75, 3.05) is 13.7 Å². The fourth-order valence-electron chi connectivity index (χ4n) is 4.67. The topological polar surface area (TPSA) is 9.23 Å². The van der Waals surface area contributed by atoms with Gasteiger partial charge in [-0.3, -0.25) is 0 Å². The van der Waals surface area contributed by atoms with E-state index < -0.39 is 17.5 Å². The van der Waals surface area contributed by atoms with Gasteiger partial charge in [-0.05, 0) is 91.6 Å². The molecule has 0 spiro atoms. The second-order valence-corrected chi connectivity index (χ2v) is 8.65. The van der Waals surface area contributed by atoms with Gasteiger partial charge in [-0.25, -0.2) is 13.2 Å². The summed E-state index contributed by atoms with van der Waals surface area (Å²) >= 11 is 0. The number of fused-ring (bicyclic) bond motifs is 1. The Balaban J connectivity index is 1.40. The van der Waals surface area contributed by atoms with Crippen LogP contribution in [0.2, 0.25) is 0 Å². The molecule has 166 valence electrons. The highest BCUT2D eigenvalue weighted by atomic mass is 19.2. The van der Waals surface area contributed by atoms with E-state index in [4.69, 9.17) is 4.74 Å². The molecule has 0 heterocycles. The van der Waals surface area contributed by atoms with E-state index >= 15 is 0 Å². The molecule has 0 bridgehead atoms. The molecule has 3 aromatic rings. The third-order valence-corrected chi connectivity index (χ3v) is 6.51. The molecule has 0 saturated heterocycles. The normalized spacial score (nSPS) is 18.4. The highest BCUT2D eigenvalue weighted by Gasteiger charge is 2.22. The summed E-state index contributed by atoms with van der Waals surface area (Å²) in [5.74, 6) is 3.77. The fraction of sp³-hybridized carbons (Fsp3) is 0.357. The minimum Gasteiger partial charge on any atom is -0.385 e. The van der Waals surface area contributed by atoms with Crippen LogP contribution in [0, 0.1) is 35.2 Å². The molecule has 1 nitrogen and oxygen atoms in total. The van der Waals surface area contributed by atoms with E-state index in [9.17, 15) is 13.2 Å². The van der Waals surface area contributed by atoms with Gasteiger partial charge in [0.05, 0.1) is 0 Å². The molecule has 3 aromatic carbocycles. The monoisotopic (exact) mass is 436 g/mol. The van der Waals surface area contributed by atoms with Crippen LogP contribution >= 0.6 is 0 Å². The Hall–Kier alpha value is -2.77. The van der Waals surface area contributed by atoms with Crippen LogP contribution in [-0.4, -0.2) is 13.7 Å². The number of methoxy groups -OCH3 is 1. The zero-order chi connectivity index (χ0) is 22.5. The molecular formula is C28H27F3O. The van der Waals surface area contributed by atoms with E-state index in [2.05, 4.69) is 24.0 Å². The van der Waals surface area contributed by atoms with Crippen LogP contribution in [0.5, 0.6) is 0 Å². The number of halogens is 3. The first kappa shape index (κ1) is 22.4. The van der Waals surface area contributed by atoms with E-state index in [-0.39, 0.29) is 5.39 Å². The molecule has 1 saturated carbocycles. The van der Waals surface area contributed by atoms with Crippen molar-refractivity contribution in [3.05, 3.63) is 82.7 Å². The van der Waals surface area contributed by atoms with E-state index in [1.165, 1.54) is 43.7 Å². The Bertz CT molecular complexity index is 1130. The number of benzene rings is 3. The van der Waals surface area contributed by atoms with Gasteiger partial charge in [-0.1, -0.05) is 30.0 Å². The number of hydrogen-bond donors (Lipinski definition) is 0. The van der Waals surface area contributed by atoms with Crippen molar-refractivity contribution in [3.63, 3.8) is 0 Å². The summed E-state index contributed by atoms with van der Waals surface area (Å²) in [5, 5.41) is 0.341. The number of hydrogen-bond acceptors (Lipinski definition) is 1. The summed E-state index contributed by atoms with van der Waals surface area (Å²) in [5.41, 5.74) is 2.88. The smallest absolute Gasteiger partial charge is 0.195 e. The van der Waals surface area contributed by atoms with Crippen molar-refractivity contribution < 1.29 is 17.9 Å². The van der Waals surface area contributed by atoms with Crippen LogP contribution in [0.1, 0.15) is 61.1 Å². The van der Waals surface area contributed by atoms with Crippen molar-refractivity contribution in [2.45, 2.75) is 44.4 Å². The number of ether oxygens (including phenoxy) is 1. The summed E-state index contributed by atoms with van der Waals surface area (Å²) in [4.78, 5) is 0. The Labute approximate surface area is 187 Å². The maximum Gasteiger partial charge on any atom is 0.195 e. The highest BCUT2D eigenvalue weighted by molar-refractivity contribution is 5.84. The van der Waals surface area contributed by atoms with Gasteiger partial charge in [0.15, 0.2) is 17.5 Å². The van der Waals surface area contributed by atoms with Crippen molar-refractivity contribution >= 4 is 10.8 Å². The van der Waals surface area contributed by atoms with Crippen LogP contribution in [0.15, 0.2) is 48.5 Å². The van der Waals surface area contributed by atoms with Gasteiger partial charge < -0.3 is 4.74 Å². The Morgan fingerprint density at radius 3 is 2.25 bits per heavy atom. The predicted molar refractivity (Wildman–Crippen MR) is 122 cm³/mol. The summed E-state index contributed by atoms with van der Waals surface area (Å²) in [6, 6.07) is 14.0. The maximum atomic E-state index is 13.9. The largest absolute Gasteiger partial charge is 0.385 e. The second kappa shape index (κ2) is 10.2. The van der Waals surface area contributed by atoms with Crippen LogP contribution < -0.4 is 0 Å². The first-order valence-corrected chi connectivity index (χ1v) is 11.2. The Kier molecular flexibility index (Phi) is 7.17. The average molecular weight is 437 g/mol. The molecule has 4 heteroatoms. The predicted octanol–water partition coefficient (Wildman–Crippen LogP) is 7.36. The molecule has 4 rings (SSSR count).